The van der Waals surface area contributed by atoms with Crippen molar-refractivity contribution >= 4 is 15.7 Å². The summed E-state index contributed by atoms with van der Waals surface area (Å²) < 4.78 is 27.9. The second kappa shape index (κ2) is 4.87. The van der Waals surface area contributed by atoms with Crippen LogP contribution in [0.3, 0.4) is 0 Å². The van der Waals surface area contributed by atoms with Crippen molar-refractivity contribution in [3.8, 4) is 5.88 Å². The summed E-state index contributed by atoms with van der Waals surface area (Å²) in [6.07, 6.45) is 2.92. The Bertz CT molecular complexity index is 489. The first-order valence-corrected chi connectivity index (χ1v) is 7.24. The Labute approximate surface area is 100 Å². The van der Waals surface area contributed by atoms with Gasteiger partial charge in [0, 0.05) is 12.1 Å². The minimum Gasteiger partial charge on any atom is -0.481 e. The van der Waals surface area contributed by atoms with Gasteiger partial charge in [-0.1, -0.05) is 0 Å². The Morgan fingerprint density at radius 2 is 2.29 bits per heavy atom. The molecule has 1 fully saturated rings. The fraction of sp³-hybridized carbons (Fsp3) is 0.600. The molecule has 1 N–H and O–H groups in total. The van der Waals surface area contributed by atoms with E-state index in [1.54, 1.807) is 6.07 Å². The lowest BCUT2D eigenvalue weighted by atomic mass is 10.2. The molecule has 0 bridgehead atoms. The van der Waals surface area contributed by atoms with E-state index in [0.717, 1.165) is 6.42 Å². The molecule has 0 spiro atoms. The highest BCUT2D eigenvalue weighted by Crippen LogP contribution is 2.17. The van der Waals surface area contributed by atoms with Crippen molar-refractivity contribution in [1.29, 1.82) is 0 Å². The molecule has 1 aromatic heterocycles. The van der Waals surface area contributed by atoms with Crippen molar-refractivity contribution in [3.05, 3.63) is 12.4 Å². The van der Waals surface area contributed by atoms with Gasteiger partial charge in [-0.05, 0) is 12.8 Å². The lowest BCUT2D eigenvalue weighted by molar-refractivity contribution is 0.397. The third kappa shape index (κ3) is 3.29. The molecule has 17 heavy (non-hydrogen) atoms. The topological polar surface area (TPSA) is 81.2 Å². The molecule has 0 saturated carbocycles. The number of rotatable bonds is 3. The number of aromatic nitrogens is 2. The van der Waals surface area contributed by atoms with Crippen molar-refractivity contribution in [1.82, 2.24) is 9.97 Å². The molecule has 0 amide bonds. The van der Waals surface area contributed by atoms with Crippen LogP contribution in [0.25, 0.3) is 0 Å². The fourth-order valence-electron chi connectivity index (χ4n) is 1.88. The van der Waals surface area contributed by atoms with Crippen LogP contribution in [0.15, 0.2) is 12.4 Å². The van der Waals surface area contributed by atoms with Crippen molar-refractivity contribution in [2.45, 2.75) is 18.9 Å². The predicted molar refractivity (Wildman–Crippen MR) is 63.9 cm³/mol. The second-order valence-corrected chi connectivity index (χ2v) is 6.27. The molecule has 2 rings (SSSR count). The highest BCUT2D eigenvalue weighted by atomic mass is 32.2. The number of nitrogens with zero attached hydrogens (tertiary/aromatic N) is 2. The number of hydrogen-bond donors (Lipinski definition) is 1. The van der Waals surface area contributed by atoms with Gasteiger partial charge in [0.1, 0.15) is 12.1 Å². The highest BCUT2D eigenvalue weighted by Gasteiger charge is 2.24. The van der Waals surface area contributed by atoms with Crippen LogP contribution in [-0.2, 0) is 9.84 Å². The van der Waals surface area contributed by atoms with Gasteiger partial charge in [-0.15, -0.1) is 0 Å². The molecule has 1 aliphatic heterocycles. The zero-order valence-corrected chi connectivity index (χ0v) is 10.4. The summed E-state index contributed by atoms with van der Waals surface area (Å²) in [5.74, 6) is 1.51. The Morgan fingerprint density at radius 1 is 1.47 bits per heavy atom. The summed E-state index contributed by atoms with van der Waals surface area (Å²) in [4.78, 5) is 7.92. The minimum absolute atomic E-state index is 0.0756. The molecule has 0 aliphatic carbocycles. The van der Waals surface area contributed by atoms with Gasteiger partial charge in [-0.25, -0.2) is 18.4 Å². The third-order valence-corrected chi connectivity index (χ3v) is 4.49. The normalized spacial score (nSPS) is 23.0. The number of sulfone groups is 1. The van der Waals surface area contributed by atoms with Crippen LogP contribution in [0, 0.1) is 0 Å². The molecule has 0 radical (unpaired) electrons. The summed E-state index contributed by atoms with van der Waals surface area (Å²) >= 11 is 0. The molecule has 7 heteroatoms. The molecular weight excluding hydrogens is 242 g/mol. The number of methoxy groups -OCH3 is 1. The average Bonchev–Trinajstić information content (AvgIpc) is 2.28. The molecule has 94 valence electrons. The van der Waals surface area contributed by atoms with Crippen LogP contribution >= 0.6 is 0 Å². The van der Waals surface area contributed by atoms with E-state index in [2.05, 4.69) is 15.3 Å². The fourth-order valence-corrected chi connectivity index (χ4v) is 3.51. The van der Waals surface area contributed by atoms with Gasteiger partial charge in [0.25, 0.3) is 0 Å². The monoisotopic (exact) mass is 257 g/mol. The van der Waals surface area contributed by atoms with Crippen molar-refractivity contribution in [3.63, 3.8) is 0 Å². The molecule has 1 aliphatic rings. The van der Waals surface area contributed by atoms with Gasteiger partial charge >= 0.3 is 0 Å². The van der Waals surface area contributed by atoms with Gasteiger partial charge in [-0.2, -0.15) is 0 Å². The van der Waals surface area contributed by atoms with Gasteiger partial charge in [-0.3, -0.25) is 0 Å². The van der Waals surface area contributed by atoms with Gasteiger partial charge in [0.15, 0.2) is 9.84 Å². The summed E-state index contributed by atoms with van der Waals surface area (Å²) in [5, 5.41) is 3.10. The van der Waals surface area contributed by atoms with E-state index in [1.807, 2.05) is 0 Å². The SMILES string of the molecule is COc1cc(NC2CCCS(=O)(=O)C2)ncn1. The molecular formula is C10H15N3O3S. The van der Waals surface area contributed by atoms with E-state index >= 15 is 0 Å². The summed E-state index contributed by atoms with van der Waals surface area (Å²) in [6, 6.07) is 1.58. The maximum absolute atomic E-state index is 11.5. The summed E-state index contributed by atoms with van der Waals surface area (Å²) in [6.45, 7) is 0. The highest BCUT2D eigenvalue weighted by molar-refractivity contribution is 7.91. The molecule has 2 heterocycles. The molecule has 1 unspecified atom stereocenters. The van der Waals surface area contributed by atoms with Crippen molar-refractivity contribution in [2.24, 2.45) is 0 Å². The first kappa shape index (κ1) is 12.1. The minimum atomic E-state index is -2.90. The first-order valence-electron chi connectivity index (χ1n) is 5.42. The predicted octanol–water partition coefficient (Wildman–Crippen LogP) is 0.474. The molecule has 1 saturated heterocycles. The van der Waals surface area contributed by atoms with E-state index in [-0.39, 0.29) is 17.5 Å². The Hall–Kier alpha value is -1.37. The number of hydrogen-bond acceptors (Lipinski definition) is 6. The van der Waals surface area contributed by atoms with E-state index < -0.39 is 9.84 Å². The molecule has 1 aromatic rings. The zero-order chi connectivity index (χ0) is 12.3. The second-order valence-electron chi connectivity index (χ2n) is 4.04. The Morgan fingerprint density at radius 3 is 3.00 bits per heavy atom. The molecule has 1 atom stereocenters. The van der Waals surface area contributed by atoms with Crippen LogP contribution in [0.1, 0.15) is 12.8 Å². The van der Waals surface area contributed by atoms with E-state index in [1.165, 1.54) is 13.4 Å². The van der Waals surface area contributed by atoms with Gasteiger partial charge in [0.05, 0.1) is 18.6 Å². The van der Waals surface area contributed by atoms with Crippen molar-refractivity contribution < 1.29 is 13.2 Å². The van der Waals surface area contributed by atoms with Crippen LogP contribution in [0.4, 0.5) is 5.82 Å². The summed E-state index contributed by atoms with van der Waals surface area (Å²) in [5.41, 5.74) is 0. The Balaban J connectivity index is 2.05. The van der Waals surface area contributed by atoms with Crippen LogP contribution in [-0.4, -0.2) is 43.0 Å². The largest absolute Gasteiger partial charge is 0.481 e. The van der Waals surface area contributed by atoms with E-state index in [4.69, 9.17) is 4.74 Å². The molecule has 6 nitrogen and oxygen atoms in total. The smallest absolute Gasteiger partial charge is 0.218 e. The molecule has 0 aromatic carbocycles. The van der Waals surface area contributed by atoms with Crippen molar-refractivity contribution in [2.75, 3.05) is 23.9 Å². The standard InChI is InChI=1S/C10H15N3O3S/c1-16-10-5-9(11-7-12-10)13-8-3-2-4-17(14,15)6-8/h5,7-8H,2-4,6H2,1H3,(H,11,12,13). The average molecular weight is 257 g/mol. The van der Waals surface area contributed by atoms with E-state index in [9.17, 15) is 8.42 Å². The zero-order valence-electron chi connectivity index (χ0n) is 9.59. The number of ether oxygens (including phenoxy) is 1. The van der Waals surface area contributed by atoms with Gasteiger partial charge in [0.2, 0.25) is 5.88 Å². The van der Waals surface area contributed by atoms with Gasteiger partial charge < -0.3 is 10.1 Å². The maximum atomic E-state index is 11.5. The lowest BCUT2D eigenvalue weighted by Gasteiger charge is -2.23. The van der Waals surface area contributed by atoms with Crippen LogP contribution in [0.5, 0.6) is 5.88 Å². The lowest BCUT2D eigenvalue weighted by Crippen LogP contribution is -2.35. The first-order chi connectivity index (χ1) is 8.09. The number of nitrogens with one attached hydrogen (secondary N) is 1. The van der Waals surface area contributed by atoms with Crippen LogP contribution < -0.4 is 10.1 Å². The third-order valence-electron chi connectivity index (χ3n) is 2.67. The van der Waals surface area contributed by atoms with Crippen LogP contribution in [0.2, 0.25) is 0 Å². The quantitative estimate of drug-likeness (QED) is 0.848. The maximum Gasteiger partial charge on any atom is 0.218 e. The number of anilines is 1. The summed E-state index contributed by atoms with van der Waals surface area (Å²) in [7, 11) is -1.38. The Kier molecular flexibility index (Phi) is 3.46. The van der Waals surface area contributed by atoms with E-state index in [0.29, 0.717) is 18.1 Å².